The Bertz CT molecular complexity index is 503. The van der Waals surface area contributed by atoms with Crippen molar-refractivity contribution in [3.8, 4) is 0 Å². The minimum absolute atomic E-state index is 0.000318. The van der Waals surface area contributed by atoms with E-state index in [1.54, 1.807) is 0 Å². The highest BCUT2D eigenvalue weighted by Crippen LogP contribution is 2.70. The molecule has 1 fully saturated rings. The van der Waals surface area contributed by atoms with Crippen LogP contribution in [0.1, 0.15) is 39.2 Å². The summed E-state index contributed by atoms with van der Waals surface area (Å²) in [5.74, 6) is -0.0114. The van der Waals surface area contributed by atoms with Crippen LogP contribution in [0.3, 0.4) is 0 Å². The smallest absolute Gasteiger partial charge is 0.229 e. The molecule has 21 heavy (non-hydrogen) atoms. The Morgan fingerprint density at radius 2 is 1.90 bits per heavy atom. The van der Waals surface area contributed by atoms with E-state index >= 15 is 0 Å². The fraction of sp³-hybridized carbons (Fsp3) is 0.588. The summed E-state index contributed by atoms with van der Waals surface area (Å²) in [7, 11) is 0. The van der Waals surface area contributed by atoms with Gasteiger partial charge in [-0.3, -0.25) is 4.79 Å². The van der Waals surface area contributed by atoms with Gasteiger partial charge >= 0.3 is 0 Å². The molecule has 1 aromatic rings. The SMILES string of the molecule is CC[C@]1(C(=O)N[C@H](C)CCc2ccccc2)[C@@H](C)C1(Cl)Cl. The van der Waals surface area contributed by atoms with Crippen molar-refractivity contribution in [1.29, 1.82) is 0 Å². The predicted molar refractivity (Wildman–Crippen MR) is 88.7 cm³/mol. The Kier molecular flexibility index (Phi) is 4.89. The van der Waals surface area contributed by atoms with Gasteiger partial charge < -0.3 is 5.32 Å². The number of alkyl halides is 2. The van der Waals surface area contributed by atoms with Gasteiger partial charge in [-0.2, -0.15) is 0 Å². The summed E-state index contributed by atoms with van der Waals surface area (Å²) < 4.78 is -0.926. The van der Waals surface area contributed by atoms with Crippen LogP contribution >= 0.6 is 23.2 Å². The molecular weight excluding hydrogens is 305 g/mol. The zero-order valence-corrected chi connectivity index (χ0v) is 14.3. The van der Waals surface area contributed by atoms with Crippen LogP contribution in [0.25, 0.3) is 0 Å². The summed E-state index contributed by atoms with van der Waals surface area (Å²) in [6, 6.07) is 10.4. The van der Waals surface area contributed by atoms with Crippen molar-refractivity contribution < 1.29 is 4.79 Å². The average Bonchev–Trinajstić information content (AvgIpc) is 2.91. The molecule has 0 aliphatic heterocycles. The lowest BCUT2D eigenvalue weighted by Gasteiger charge is -2.20. The van der Waals surface area contributed by atoms with Crippen LogP contribution in [0.4, 0.5) is 0 Å². The summed E-state index contributed by atoms with van der Waals surface area (Å²) in [4.78, 5) is 12.5. The first-order valence-corrected chi connectivity index (χ1v) is 8.34. The summed E-state index contributed by atoms with van der Waals surface area (Å²) >= 11 is 12.5. The van der Waals surface area contributed by atoms with Gasteiger partial charge in [-0.15, -0.1) is 23.2 Å². The molecule has 0 unspecified atom stereocenters. The van der Waals surface area contributed by atoms with Crippen molar-refractivity contribution in [2.45, 2.75) is 50.4 Å². The van der Waals surface area contributed by atoms with Gasteiger partial charge in [0.15, 0.2) is 0 Å². The molecule has 0 aromatic heterocycles. The minimum atomic E-state index is -0.926. The van der Waals surface area contributed by atoms with E-state index in [1.807, 2.05) is 39.0 Å². The number of carbonyl (C=O) groups is 1. The van der Waals surface area contributed by atoms with E-state index in [0.717, 1.165) is 12.8 Å². The zero-order valence-electron chi connectivity index (χ0n) is 12.8. The van der Waals surface area contributed by atoms with E-state index in [9.17, 15) is 4.79 Å². The first-order chi connectivity index (χ1) is 9.86. The van der Waals surface area contributed by atoms with Crippen LogP contribution in [0.2, 0.25) is 0 Å². The summed E-state index contributed by atoms with van der Waals surface area (Å²) in [5, 5.41) is 3.08. The standard InChI is InChI=1S/C17H23Cl2NO/c1-4-16(13(3)17(16,18)19)15(21)20-12(2)10-11-14-8-6-5-7-9-14/h5-9,12-13H,4,10-11H2,1-3H3,(H,20,21)/t12-,13-,16-/m1/s1. The maximum Gasteiger partial charge on any atom is 0.229 e. The molecule has 3 atom stereocenters. The summed E-state index contributed by atoms with van der Waals surface area (Å²) in [6.45, 7) is 5.94. The van der Waals surface area contributed by atoms with Crippen LogP contribution in [0, 0.1) is 11.3 Å². The van der Waals surface area contributed by atoms with Crippen LogP contribution in [0.5, 0.6) is 0 Å². The second kappa shape index (κ2) is 6.18. The van der Waals surface area contributed by atoms with Crippen LogP contribution in [0.15, 0.2) is 30.3 Å². The average molecular weight is 328 g/mol. The maximum absolute atomic E-state index is 12.5. The quantitative estimate of drug-likeness (QED) is 0.773. The minimum Gasteiger partial charge on any atom is -0.353 e. The van der Waals surface area contributed by atoms with Crippen LogP contribution in [-0.4, -0.2) is 16.3 Å². The van der Waals surface area contributed by atoms with E-state index in [1.165, 1.54) is 5.56 Å². The number of nitrogens with one attached hydrogen (secondary N) is 1. The lowest BCUT2D eigenvalue weighted by molar-refractivity contribution is -0.127. The second-order valence-corrected chi connectivity index (χ2v) is 7.45. The molecule has 2 rings (SSSR count). The van der Waals surface area contributed by atoms with E-state index in [4.69, 9.17) is 23.2 Å². The van der Waals surface area contributed by atoms with E-state index in [-0.39, 0.29) is 17.9 Å². The van der Waals surface area contributed by atoms with Gasteiger partial charge in [0.2, 0.25) is 5.91 Å². The third kappa shape index (κ3) is 2.93. The number of hydrogen-bond donors (Lipinski definition) is 1. The Labute approximate surface area is 137 Å². The number of amides is 1. The van der Waals surface area contributed by atoms with Gasteiger partial charge in [-0.25, -0.2) is 0 Å². The van der Waals surface area contributed by atoms with Crippen LogP contribution < -0.4 is 5.32 Å². The number of carbonyl (C=O) groups excluding carboxylic acids is 1. The molecule has 0 saturated heterocycles. The molecule has 4 heteroatoms. The normalized spacial score (nSPS) is 28.0. The highest BCUT2D eigenvalue weighted by Gasteiger charge is 2.76. The molecular formula is C17H23Cl2NO. The van der Waals surface area contributed by atoms with Crippen molar-refractivity contribution in [3.63, 3.8) is 0 Å². The first kappa shape index (κ1) is 16.6. The molecule has 2 nitrogen and oxygen atoms in total. The summed E-state index contributed by atoms with van der Waals surface area (Å²) in [6.07, 6.45) is 2.52. The predicted octanol–water partition coefficient (Wildman–Crippen LogP) is 4.34. The number of benzene rings is 1. The molecule has 0 radical (unpaired) electrons. The lowest BCUT2D eigenvalue weighted by atomic mass is 9.98. The molecule has 1 aliphatic carbocycles. The van der Waals surface area contributed by atoms with Gasteiger partial charge in [-0.05, 0) is 31.7 Å². The molecule has 1 saturated carbocycles. The second-order valence-electron chi connectivity index (χ2n) is 6.07. The number of hydrogen-bond acceptors (Lipinski definition) is 1. The number of aryl methyl sites for hydroxylation is 1. The zero-order chi connectivity index (χ0) is 15.7. The highest BCUT2D eigenvalue weighted by atomic mass is 35.5. The van der Waals surface area contributed by atoms with Crippen molar-refractivity contribution in [3.05, 3.63) is 35.9 Å². The van der Waals surface area contributed by atoms with Crippen molar-refractivity contribution >= 4 is 29.1 Å². The van der Waals surface area contributed by atoms with Gasteiger partial charge in [0, 0.05) is 12.0 Å². The van der Waals surface area contributed by atoms with Gasteiger partial charge in [-0.1, -0.05) is 44.2 Å². The summed E-state index contributed by atoms with van der Waals surface area (Å²) in [5.41, 5.74) is 0.657. The van der Waals surface area contributed by atoms with E-state index < -0.39 is 9.75 Å². The maximum atomic E-state index is 12.5. The third-order valence-electron chi connectivity index (χ3n) is 4.84. The van der Waals surface area contributed by atoms with Gasteiger partial charge in [0.1, 0.15) is 4.33 Å². The molecule has 1 aliphatic rings. The number of halogens is 2. The largest absolute Gasteiger partial charge is 0.353 e. The van der Waals surface area contributed by atoms with Crippen molar-refractivity contribution in [1.82, 2.24) is 5.32 Å². The highest BCUT2D eigenvalue weighted by molar-refractivity contribution is 6.53. The lowest BCUT2D eigenvalue weighted by Crippen LogP contribution is -2.40. The Hall–Kier alpha value is -0.730. The van der Waals surface area contributed by atoms with Gasteiger partial charge in [0.05, 0.1) is 5.41 Å². The van der Waals surface area contributed by atoms with Gasteiger partial charge in [0.25, 0.3) is 0 Å². The van der Waals surface area contributed by atoms with E-state index in [0.29, 0.717) is 6.42 Å². The number of rotatable bonds is 6. The van der Waals surface area contributed by atoms with Crippen LogP contribution in [-0.2, 0) is 11.2 Å². The molecule has 1 aromatic carbocycles. The van der Waals surface area contributed by atoms with Crippen molar-refractivity contribution in [2.75, 3.05) is 0 Å². The topological polar surface area (TPSA) is 29.1 Å². The fourth-order valence-corrected chi connectivity index (χ4v) is 4.17. The monoisotopic (exact) mass is 327 g/mol. The van der Waals surface area contributed by atoms with Crippen molar-refractivity contribution in [2.24, 2.45) is 11.3 Å². The molecule has 0 bridgehead atoms. The molecule has 0 spiro atoms. The molecule has 1 amide bonds. The first-order valence-electron chi connectivity index (χ1n) is 7.59. The Balaban J connectivity index is 1.88. The fourth-order valence-electron chi connectivity index (χ4n) is 3.14. The molecule has 0 heterocycles. The molecule has 1 N–H and O–H groups in total. The van der Waals surface area contributed by atoms with E-state index in [2.05, 4.69) is 17.4 Å². The Morgan fingerprint density at radius 1 is 1.33 bits per heavy atom. The Morgan fingerprint density at radius 3 is 2.38 bits per heavy atom. The third-order valence-corrected chi connectivity index (χ3v) is 6.17. The molecule has 116 valence electrons.